The van der Waals surface area contributed by atoms with Crippen molar-refractivity contribution >= 4 is 11.9 Å². The minimum Gasteiger partial charge on any atom is -0.292 e. The first-order valence-electron chi connectivity index (χ1n) is 11.9. The van der Waals surface area contributed by atoms with Gasteiger partial charge >= 0.3 is 11.9 Å². The maximum Gasteiger partial charge on any atom is 0.373 e. The highest BCUT2D eigenvalue weighted by Gasteiger charge is 2.38. The average Bonchev–Trinajstić information content (AvgIpc) is 2.81. The van der Waals surface area contributed by atoms with Gasteiger partial charge in [-0.15, -0.1) is 0 Å². The fourth-order valence-corrected chi connectivity index (χ4v) is 4.08. The molecule has 0 N–H and O–H groups in total. The quantitative estimate of drug-likeness (QED) is 0.230. The van der Waals surface area contributed by atoms with Crippen LogP contribution in [0.4, 0.5) is 0 Å². The van der Waals surface area contributed by atoms with E-state index in [-0.39, 0.29) is 5.41 Å². The molecular weight excluding hydrogens is 432 g/mol. The zero-order valence-corrected chi connectivity index (χ0v) is 21.3. The van der Waals surface area contributed by atoms with Crippen molar-refractivity contribution in [1.29, 1.82) is 0 Å². The number of carbonyl (C=O) groups is 2. The van der Waals surface area contributed by atoms with E-state index in [1.165, 1.54) is 0 Å². The van der Waals surface area contributed by atoms with Crippen LogP contribution in [0.5, 0.6) is 0 Å². The number of hydrogen-bond acceptors (Lipinski definition) is 6. The van der Waals surface area contributed by atoms with Gasteiger partial charge in [-0.25, -0.2) is 9.59 Å². The van der Waals surface area contributed by atoms with Gasteiger partial charge in [-0.3, -0.25) is 9.78 Å². The van der Waals surface area contributed by atoms with Crippen molar-refractivity contribution in [2.75, 3.05) is 0 Å². The Morgan fingerprint density at radius 2 is 1.15 bits per heavy atom. The number of hydrogen-bond donors (Lipinski definition) is 0. The Balaban J connectivity index is 2.02. The molecule has 0 heterocycles. The number of benzene rings is 2. The van der Waals surface area contributed by atoms with Gasteiger partial charge in [0.25, 0.3) is 0 Å². The van der Waals surface area contributed by atoms with Crippen molar-refractivity contribution < 1.29 is 29.1 Å². The molecule has 34 heavy (non-hydrogen) atoms. The fourth-order valence-electron chi connectivity index (χ4n) is 4.08. The van der Waals surface area contributed by atoms with Gasteiger partial charge in [0.05, 0.1) is 11.1 Å². The maximum absolute atomic E-state index is 12.5. The SMILES string of the molecule is CCCC(C)(C)CC(C)(CCC(C)(C)OOC(=O)c1ccccc1)OOC(=O)c1ccccc1. The van der Waals surface area contributed by atoms with Gasteiger partial charge in [-0.1, -0.05) is 63.6 Å². The molecular formula is C28H38O6. The van der Waals surface area contributed by atoms with Gasteiger partial charge in [0, 0.05) is 0 Å². The monoisotopic (exact) mass is 470 g/mol. The van der Waals surface area contributed by atoms with E-state index in [1.54, 1.807) is 48.5 Å². The fraction of sp³-hybridized carbons (Fsp3) is 0.500. The lowest BCUT2D eigenvalue weighted by atomic mass is 9.75. The van der Waals surface area contributed by atoms with E-state index in [9.17, 15) is 9.59 Å². The summed E-state index contributed by atoms with van der Waals surface area (Å²) in [6, 6.07) is 17.4. The summed E-state index contributed by atoms with van der Waals surface area (Å²) in [4.78, 5) is 46.4. The van der Waals surface area contributed by atoms with Crippen LogP contribution in [0, 0.1) is 5.41 Å². The highest BCUT2D eigenvalue weighted by molar-refractivity contribution is 5.89. The van der Waals surface area contributed by atoms with Gasteiger partial charge in [-0.2, -0.15) is 9.78 Å². The Hall–Kier alpha value is -2.70. The molecule has 0 radical (unpaired) electrons. The summed E-state index contributed by atoms with van der Waals surface area (Å²) in [6.45, 7) is 12.1. The molecule has 1 unspecified atom stereocenters. The summed E-state index contributed by atoms with van der Waals surface area (Å²) in [7, 11) is 0. The van der Waals surface area contributed by atoms with Crippen LogP contribution in [0.1, 0.15) is 94.4 Å². The molecule has 186 valence electrons. The summed E-state index contributed by atoms with van der Waals surface area (Å²) in [6.07, 6.45) is 3.76. The molecule has 0 spiro atoms. The highest BCUT2D eigenvalue weighted by atomic mass is 17.2. The van der Waals surface area contributed by atoms with Crippen molar-refractivity contribution in [2.45, 2.75) is 84.8 Å². The molecule has 0 amide bonds. The van der Waals surface area contributed by atoms with Crippen molar-refractivity contribution in [2.24, 2.45) is 5.41 Å². The highest BCUT2D eigenvalue weighted by Crippen LogP contribution is 2.38. The van der Waals surface area contributed by atoms with E-state index in [0.717, 1.165) is 12.8 Å². The van der Waals surface area contributed by atoms with Crippen LogP contribution < -0.4 is 0 Å². The van der Waals surface area contributed by atoms with Crippen LogP contribution >= 0.6 is 0 Å². The predicted octanol–water partition coefficient (Wildman–Crippen LogP) is 7.10. The molecule has 0 aliphatic rings. The standard InChI is InChI=1S/C28H38O6/c1-7-18-26(2,3)21-28(6,34-32-25(30)23-16-12-9-13-17-23)20-19-27(4,5)33-31-24(29)22-14-10-8-11-15-22/h8-17H,7,18-21H2,1-6H3. The Bertz CT molecular complexity index is 907. The molecule has 0 saturated heterocycles. The third kappa shape index (κ3) is 9.27. The van der Waals surface area contributed by atoms with Crippen molar-refractivity contribution in [3.63, 3.8) is 0 Å². The van der Waals surface area contributed by atoms with Crippen LogP contribution in [0.15, 0.2) is 60.7 Å². The molecule has 0 saturated carbocycles. The summed E-state index contributed by atoms with van der Waals surface area (Å²) in [5.41, 5.74) is -0.705. The molecule has 0 aromatic heterocycles. The van der Waals surface area contributed by atoms with Crippen molar-refractivity contribution in [1.82, 2.24) is 0 Å². The van der Waals surface area contributed by atoms with Crippen molar-refractivity contribution in [3.05, 3.63) is 71.8 Å². The molecule has 2 rings (SSSR count). The Labute approximate surface area is 203 Å². The molecule has 0 bridgehead atoms. The third-order valence-corrected chi connectivity index (χ3v) is 5.72. The maximum atomic E-state index is 12.5. The lowest BCUT2D eigenvalue weighted by Crippen LogP contribution is -2.38. The summed E-state index contributed by atoms with van der Waals surface area (Å²) < 4.78 is 0. The molecule has 2 aromatic carbocycles. The Morgan fingerprint density at radius 1 is 0.676 bits per heavy atom. The van der Waals surface area contributed by atoms with E-state index in [1.807, 2.05) is 32.9 Å². The van der Waals surface area contributed by atoms with Crippen LogP contribution in [0.2, 0.25) is 0 Å². The zero-order valence-electron chi connectivity index (χ0n) is 21.3. The smallest absolute Gasteiger partial charge is 0.292 e. The van der Waals surface area contributed by atoms with E-state index in [4.69, 9.17) is 19.6 Å². The molecule has 2 aromatic rings. The molecule has 1 atom stereocenters. The molecule has 6 nitrogen and oxygen atoms in total. The third-order valence-electron chi connectivity index (χ3n) is 5.72. The second-order valence-electron chi connectivity index (χ2n) is 10.4. The number of carbonyl (C=O) groups excluding carboxylic acids is 2. The molecule has 6 heteroatoms. The minimum absolute atomic E-state index is 0.0204. The van der Waals surface area contributed by atoms with Crippen LogP contribution in [-0.2, 0) is 19.6 Å². The summed E-state index contributed by atoms with van der Waals surface area (Å²) >= 11 is 0. The van der Waals surface area contributed by atoms with E-state index < -0.39 is 23.1 Å². The average molecular weight is 471 g/mol. The van der Waals surface area contributed by atoms with E-state index in [2.05, 4.69) is 20.8 Å². The normalized spacial score (nSPS) is 13.7. The predicted molar refractivity (Wildman–Crippen MR) is 131 cm³/mol. The van der Waals surface area contributed by atoms with Crippen LogP contribution in [-0.4, -0.2) is 23.1 Å². The zero-order chi connectivity index (χ0) is 25.2. The summed E-state index contributed by atoms with van der Waals surface area (Å²) in [5.74, 6) is -1.08. The lowest BCUT2D eigenvalue weighted by Gasteiger charge is -2.37. The minimum atomic E-state index is -0.770. The Kier molecular flexibility index (Phi) is 9.83. The molecule has 0 fully saturated rings. The van der Waals surface area contributed by atoms with E-state index >= 15 is 0 Å². The van der Waals surface area contributed by atoms with Crippen molar-refractivity contribution in [3.8, 4) is 0 Å². The van der Waals surface area contributed by atoms with Gasteiger partial charge in [-0.05, 0) is 76.1 Å². The van der Waals surface area contributed by atoms with Gasteiger partial charge in [0.15, 0.2) is 0 Å². The van der Waals surface area contributed by atoms with Gasteiger partial charge in [0.2, 0.25) is 0 Å². The van der Waals surface area contributed by atoms with E-state index in [0.29, 0.717) is 30.4 Å². The number of rotatable bonds is 13. The first kappa shape index (κ1) is 27.5. The first-order chi connectivity index (χ1) is 16.0. The van der Waals surface area contributed by atoms with Crippen LogP contribution in [0.25, 0.3) is 0 Å². The second-order valence-corrected chi connectivity index (χ2v) is 10.4. The molecule has 0 aliphatic heterocycles. The van der Waals surface area contributed by atoms with Gasteiger partial charge in [0.1, 0.15) is 11.2 Å². The lowest BCUT2D eigenvalue weighted by molar-refractivity contribution is -0.332. The summed E-state index contributed by atoms with van der Waals surface area (Å²) in [5, 5.41) is 0. The molecule has 0 aliphatic carbocycles. The first-order valence-corrected chi connectivity index (χ1v) is 11.9. The largest absolute Gasteiger partial charge is 0.373 e. The van der Waals surface area contributed by atoms with Gasteiger partial charge < -0.3 is 0 Å². The Morgan fingerprint density at radius 3 is 1.62 bits per heavy atom. The second kappa shape index (κ2) is 12.1. The topological polar surface area (TPSA) is 71.1 Å². The van der Waals surface area contributed by atoms with Crippen LogP contribution in [0.3, 0.4) is 0 Å².